The predicted octanol–water partition coefficient (Wildman–Crippen LogP) is 2.49. The van der Waals surface area contributed by atoms with E-state index in [1.54, 1.807) is 12.1 Å². The largest absolute Gasteiger partial charge is 0.508 e. The van der Waals surface area contributed by atoms with Crippen molar-refractivity contribution < 1.29 is 9.90 Å². The normalized spacial score (nSPS) is 21.1. The number of allylic oxidation sites excluding steroid dienone is 1. The fraction of sp³-hybridized carbons (Fsp3) is 0.154. The van der Waals surface area contributed by atoms with Crippen molar-refractivity contribution in [2.75, 3.05) is 5.75 Å². The van der Waals surface area contributed by atoms with Gasteiger partial charge in [-0.15, -0.1) is 23.5 Å². The highest BCUT2D eigenvalue weighted by Crippen LogP contribution is 2.27. The van der Waals surface area contributed by atoms with Gasteiger partial charge in [-0.3, -0.25) is 4.79 Å². The first-order chi connectivity index (χ1) is 9.22. The Balaban J connectivity index is 1.69. The lowest BCUT2D eigenvalue weighted by atomic mass is 10.2. The quantitative estimate of drug-likeness (QED) is 0.869. The number of rotatable bonds is 3. The van der Waals surface area contributed by atoms with Crippen LogP contribution in [0.5, 0.6) is 5.75 Å². The van der Waals surface area contributed by atoms with Crippen molar-refractivity contribution in [2.45, 2.75) is 10.1 Å². The van der Waals surface area contributed by atoms with Crippen molar-refractivity contribution in [3.05, 3.63) is 35.7 Å². The molecule has 0 fully saturated rings. The van der Waals surface area contributed by atoms with Crippen molar-refractivity contribution in [2.24, 2.45) is 9.98 Å². The first-order valence-electron chi connectivity index (χ1n) is 5.66. The average Bonchev–Trinajstić information content (AvgIpc) is 2.87. The van der Waals surface area contributed by atoms with E-state index >= 15 is 0 Å². The molecule has 0 aromatic heterocycles. The molecule has 0 bridgehead atoms. The smallest absolute Gasteiger partial charge is 0.267 e. The molecule has 2 aliphatic heterocycles. The van der Waals surface area contributed by atoms with Crippen molar-refractivity contribution in [1.29, 1.82) is 0 Å². The van der Waals surface area contributed by atoms with E-state index in [0.29, 0.717) is 11.6 Å². The molecule has 1 unspecified atom stereocenters. The number of nitrogens with zero attached hydrogens (tertiary/aromatic N) is 2. The predicted molar refractivity (Wildman–Crippen MR) is 79.2 cm³/mol. The van der Waals surface area contributed by atoms with Crippen molar-refractivity contribution in [1.82, 2.24) is 0 Å². The van der Waals surface area contributed by atoms with Crippen LogP contribution in [-0.4, -0.2) is 33.6 Å². The maximum Gasteiger partial charge on any atom is 0.267 e. The summed E-state index contributed by atoms with van der Waals surface area (Å²) in [6.45, 7) is 0. The maximum atomic E-state index is 11.8. The summed E-state index contributed by atoms with van der Waals surface area (Å²) in [4.78, 5) is 21.2. The maximum absolute atomic E-state index is 11.8. The lowest BCUT2D eigenvalue weighted by Gasteiger charge is -2.12. The minimum Gasteiger partial charge on any atom is -0.508 e. The molecule has 3 rings (SSSR count). The summed E-state index contributed by atoms with van der Waals surface area (Å²) in [6.07, 6.45) is 1.87. The molecule has 1 atom stereocenters. The van der Waals surface area contributed by atoms with Crippen molar-refractivity contribution in [3.63, 3.8) is 0 Å². The molecular weight excluding hydrogens is 280 g/mol. The molecule has 96 valence electrons. The van der Waals surface area contributed by atoms with Gasteiger partial charge in [-0.25, -0.2) is 4.99 Å². The summed E-state index contributed by atoms with van der Waals surface area (Å²) in [5.41, 5.74) is 0.798. The Labute approximate surface area is 118 Å². The Morgan fingerprint density at radius 3 is 2.84 bits per heavy atom. The van der Waals surface area contributed by atoms with Gasteiger partial charge in [0.25, 0.3) is 5.91 Å². The second-order valence-corrected chi connectivity index (χ2v) is 6.07. The Bertz CT molecular complexity index is 606. The zero-order valence-corrected chi connectivity index (χ0v) is 11.4. The number of phenolic OH excluding ortho intramolecular Hbond substituents is 1. The van der Waals surface area contributed by atoms with Gasteiger partial charge in [0.15, 0.2) is 0 Å². The fourth-order valence-electron chi connectivity index (χ4n) is 1.74. The Hall–Kier alpha value is -1.53. The standard InChI is InChI=1S/C13H10N2O2S2/c16-8-1-3-9(4-2-8)19-7-11-14-10-5-6-18-12(10)13(17)15-11/h1-6,12,16H,7H2. The van der Waals surface area contributed by atoms with E-state index in [-0.39, 0.29) is 16.9 Å². The molecule has 0 saturated carbocycles. The first-order valence-corrected chi connectivity index (χ1v) is 7.59. The van der Waals surface area contributed by atoms with Crippen LogP contribution < -0.4 is 0 Å². The van der Waals surface area contributed by atoms with Crippen LogP contribution in [0, 0.1) is 0 Å². The van der Waals surface area contributed by atoms with E-state index < -0.39 is 0 Å². The summed E-state index contributed by atoms with van der Waals surface area (Å²) < 4.78 is 0. The second-order valence-electron chi connectivity index (χ2n) is 4.00. The van der Waals surface area contributed by atoms with Gasteiger partial charge in [-0.2, -0.15) is 4.99 Å². The number of amides is 1. The zero-order chi connectivity index (χ0) is 13.2. The minimum atomic E-state index is -0.234. The van der Waals surface area contributed by atoms with Crippen molar-refractivity contribution in [3.8, 4) is 5.75 Å². The molecule has 2 aliphatic rings. The van der Waals surface area contributed by atoms with Crippen LogP contribution in [0.3, 0.4) is 0 Å². The number of phenols is 1. The zero-order valence-electron chi connectivity index (χ0n) is 9.81. The third kappa shape index (κ3) is 2.74. The number of carbonyl (C=O) groups excluding carboxylic acids is 1. The number of carbonyl (C=O) groups is 1. The number of hydrogen-bond acceptors (Lipinski definition) is 5. The third-order valence-electron chi connectivity index (χ3n) is 2.65. The molecular formula is C13H10N2O2S2. The number of aromatic hydroxyl groups is 1. The molecule has 1 aromatic rings. The van der Waals surface area contributed by atoms with Gasteiger partial charge in [0.1, 0.15) is 16.8 Å². The van der Waals surface area contributed by atoms with E-state index in [0.717, 1.165) is 10.6 Å². The summed E-state index contributed by atoms with van der Waals surface area (Å²) in [7, 11) is 0. The number of aliphatic imine (C=N–C) groups is 2. The molecule has 4 nitrogen and oxygen atoms in total. The molecule has 0 aliphatic carbocycles. The van der Waals surface area contributed by atoms with Gasteiger partial charge in [0, 0.05) is 4.90 Å². The number of fused-ring (bicyclic) bond motifs is 1. The van der Waals surface area contributed by atoms with Crippen LogP contribution in [-0.2, 0) is 4.79 Å². The van der Waals surface area contributed by atoms with Crippen LogP contribution in [0.25, 0.3) is 0 Å². The van der Waals surface area contributed by atoms with Gasteiger partial charge >= 0.3 is 0 Å². The van der Waals surface area contributed by atoms with Crippen LogP contribution in [0.15, 0.2) is 50.6 Å². The number of amidine groups is 1. The van der Waals surface area contributed by atoms with E-state index in [1.165, 1.54) is 23.5 Å². The average molecular weight is 290 g/mol. The number of benzene rings is 1. The van der Waals surface area contributed by atoms with Gasteiger partial charge in [0.05, 0.1) is 11.5 Å². The van der Waals surface area contributed by atoms with E-state index in [1.807, 2.05) is 23.6 Å². The van der Waals surface area contributed by atoms with Crippen molar-refractivity contribution >= 4 is 41.0 Å². The lowest BCUT2D eigenvalue weighted by molar-refractivity contribution is -0.116. The molecule has 6 heteroatoms. The first kappa shape index (κ1) is 12.5. The summed E-state index contributed by atoms with van der Waals surface area (Å²) in [6, 6.07) is 6.92. The molecule has 0 spiro atoms. The monoisotopic (exact) mass is 290 g/mol. The SMILES string of the molecule is O=C1N=C(CSc2ccc(O)cc2)N=C2C=CSC12. The summed E-state index contributed by atoms with van der Waals surface area (Å²) in [5, 5.41) is 10.8. The molecule has 0 radical (unpaired) electrons. The van der Waals surface area contributed by atoms with Gasteiger partial charge in [0.2, 0.25) is 0 Å². The molecule has 0 saturated heterocycles. The van der Waals surface area contributed by atoms with Gasteiger partial charge in [-0.05, 0) is 35.7 Å². The molecule has 1 amide bonds. The highest BCUT2D eigenvalue weighted by Gasteiger charge is 2.30. The Kier molecular flexibility index (Phi) is 3.44. The topological polar surface area (TPSA) is 62.0 Å². The van der Waals surface area contributed by atoms with Crippen LogP contribution in [0.4, 0.5) is 0 Å². The molecule has 2 heterocycles. The number of thioether (sulfide) groups is 2. The summed E-state index contributed by atoms with van der Waals surface area (Å²) >= 11 is 2.99. The third-order valence-corrected chi connectivity index (χ3v) is 4.66. The highest BCUT2D eigenvalue weighted by atomic mass is 32.2. The van der Waals surface area contributed by atoms with E-state index in [2.05, 4.69) is 9.98 Å². The lowest BCUT2D eigenvalue weighted by Crippen LogP contribution is -2.28. The molecule has 1 N–H and O–H groups in total. The molecule has 1 aromatic carbocycles. The molecule has 19 heavy (non-hydrogen) atoms. The minimum absolute atomic E-state index is 0.124. The Morgan fingerprint density at radius 1 is 1.26 bits per heavy atom. The fourth-order valence-corrected chi connectivity index (χ4v) is 3.31. The highest BCUT2D eigenvalue weighted by molar-refractivity contribution is 8.04. The van der Waals surface area contributed by atoms with Crippen LogP contribution >= 0.6 is 23.5 Å². The van der Waals surface area contributed by atoms with Gasteiger partial charge < -0.3 is 5.11 Å². The van der Waals surface area contributed by atoms with Crippen LogP contribution in [0.1, 0.15) is 0 Å². The van der Waals surface area contributed by atoms with Crippen LogP contribution in [0.2, 0.25) is 0 Å². The summed E-state index contributed by atoms with van der Waals surface area (Å²) in [5.74, 6) is 1.22. The van der Waals surface area contributed by atoms with E-state index in [9.17, 15) is 9.90 Å². The van der Waals surface area contributed by atoms with E-state index in [4.69, 9.17) is 0 Å². The Morgan fingerprint density at radius 2 is 2.05 bits per heavy atom. The number of hydrogen-bond donors (Lipinski definition) is 1. The van der Waals surface area contributed by atoms with Gasteiger partial charge in [-0.1, -0.05) is 0 Å². The second kappa shape index (κ2) is 5.22.